The number of fused-ring (bicyclic) bond motifs is 1. The zero-order valence-electron chi connectivity index (χ0n) is 12.8. The van der Waals surface area contributed by atoms with E-state index in [9.17, 15) is 24.8 Å². The SMILES string of the molecule is O=C(c1nc2ccc([N+](=O)[O-])cc2[nH]c1=O)[C@H](O)c1ccc(Cl)c(Cl)c1. The van der Waals surface area contributed by atoms with E-state index in [-0.39, 0.29) is 32.3 Å². The van der Waals surface area contributed by atoms with Crippen LogP contribution in [-0.4, -0.2) is 25.8 Å². The van der Waals surface area contributed by atoms with Crippen LogP contribution in [0.1, 0.15) is 22.2 Å². The van der Waals surface area contributed by atoms with Gasteiger partial charge in [0, 0.05) is 12.1 Å². The number of aromatic amines is 1. The van der Waals surface area contributed by atoms with Gasteiger partial charge in [-0.2, -0.15) is 0 Å². The molecular weight excluding hydrogens is 385 g/mol. The first-order valence-electron chi connectivity index (χ1n) is 7.13. The van der Waals surface area contributed by atoms with Crippen LogP contribution in [0.25, 0.3) is 11.0 Å². The number of benzene rings is 2. The molecule has 0 radical (unpaired) electrons. The quantitative estimate of drug-likeness (QED) is 0.398. The molecule has 132 valence electrons. The maximum atomic E-state index is 12.5. The van der Waals surface area contributed by atoms with Crippen LogP contribution in [0, 0.1) is 10.1 Å². The minimum absolute atomic E-state index is 0.102. The number of nitrogens with one attached hydrogen (secondary N) is 1. The lowest BCUT2D eigenvalue weighted by Crippen LogP contribution is -2.24. The Bertz CT molecular complexity index is 1110. The molecular formula is C16H9Cl2N3O5. The highest BCUT2D eigenvalue weighted by molar-refractivity contribution is 6.42. The number of nitro benzene ring substituents is 1. The van der Waals surface area contributed by atoms with Gasteiger partial charge in [-0.05, 0) is 23.8 Å². The van der Waals surface area contributed by atoms with Crippen LogP contribution in [0.3, 0.4) is 0 Å². The third-order valence-electron chi connectivity index (χ3n) is 3.63. The number of Topliss-reactive ketones (excluding diaryl/α,β-unsaturated/α-hetero) is 1. The molecule has 0 unspecified atom stereocenters. The third kappa shape index (κ3) is 3.30. The van der Waals surface area contributed by atoms with Crippen molar-refractivity contribution in [2.24, 2.45) is 0 Å². The van der Waals surface area contributed by atoms with E-state index < -0.39 is 28.1 Å². The van der Waals surface area contributed by atoms with Crippen molar-refractivity contribution in [2.45, 2.75) is 6.10 Å². The molecule has 26 heavy (non-hydrogen) atoms. The van der Waals surface area contributed by atoms with Gasteiger partial charge in [-0.1, -0.05) is 29.3 Å². The summed E-state index contributed by atoms with van der Waals surface area (Å²) in [5.41, 5.74) is -1.21. The van der Waals surface area contributed by atoms with Crippen LogP contribution in [0.15, 0.2) is 41.2 Å². The summed E-state index contributed by atoms with van der Waals surface area (Å²) in [6, 6.07) is 7.74. The lowest BCUT2D eigenvalue weighted by Gasteiger charge is -2.10. The van der Waals surface area contributed by atoms with Crippen molar-refractivity contribution >= 4 is 45.7 Å². The van der Waals surface area contributed by atoms with Crippen LogP contribution >= 0.6 is 23.2 Å². The number of ketones is 1. The van der Waals surface area contributed by atoms with Gasteiger partial charge in [-0.15, -0.1) is 0 Å². The fourth-order valence-electron chi connectivity index (χ4n) is 2.32. The number of aromatic nitrogens is 2. The van der Waals surface area contributed by atoms with Crippen LogP contribution in [0.4, 0.5) is 5.69 Å². The number of carbonyl (C=O) groups is 1. The second-order valence-corrected chi connectivity index (χ2v) is 6.13. The summed E-state index contributed by atoms with van der Waals surface area (Å²) in [6.07, 6.45) is -1.67. The van der Waals surface area contributed by atoms with Crippen LogP contribution in [0.5, 0.6) is 0 Å². The standard InChI is InChI=1S/C16H9Cl2N3O5/c17-9-3-1-7(5-10(9)18)14(22)15(23)13-16(24)20-12-6-8(21(25)26)2-4-11(12)19-13/h1-6,14,22H,(H,20,24)/t14-/m1/s1. The molecule has 0 aliphatic rings. The van der Waals surface area contributed by atoms with E-state index in [4.69, 9.17) is 23.2 Å². The number of aliphatic hydroxyl groups excluding tert-OH is 1. The van der Waals surface area contributed by atoms with Gasteiger partial charge in [0.2, 0.25) is 5.78 Å². The molecule has 1 aromatic heterocycles. The van der Waals surface area contributed by atoms with Gasteiger partial charge >= 0.3 is 0 Å². The molecule has 0 amide bonds. The van der Waals surface area contributed by atoms with Gasteiger partial charge in [-0.3, -0.25) is 19.7 Å². The highest BCUT2D eigenvalue weighted by Crippen LogP contribution is 2.27. The summed E-state index contributed by atoms with van der Waals surface area (Å²) >= 11 is 11.7. The summed E-state index contributed by atoms with van der Waals surface area (Å²) in [7, 11) is 0. The Morgan fingerprint density at radius 1 is 1.19 bits per heavy atom. The van der Waals surface area contributed by atoms with Gasteiger partial charge in [0.05, 0.1) is 26.0 Å². The van der Waals surface area contributed by atoms with Crippen molar-refractivity contribution in [1.29, 1.82) is 0 Å². The fourth-order valence-corrected chi connectivity index (χ4v) is 2.62. The average Bonchev–Trinajstić information content (AvgIpc) is 2.61. The highest BCUT2D eigenvalue weighted by atomic mass is 35.5. The fraction of sp³-hybridized carbons (Fsp3) is 0.0625. The molecule has 0 saturated heterocycles. The number of H-pyrrole nitrogens is 1. The topological polar surface area (TPSA) is 126 Å². The second-order valence-electron chi connectivity index (χ2n) is 5.31. The molecule has 2 aromatic carbocycles. The smallest absolute Gasteiger partial charge is 0.278 e. The van der Waals surface area contributed by atoms with Gasteiger partial charge in [0.15, 0.2) is 5.69 Å². The number of hydrogen-bond donors (Lipinski definition) is 2. The van der Waals surface area contributed by atoms with Crippen molar-refractivity contribution in [1.82, 2.24) is 9.97 Å². The van der Waals surface area contributed by atoms with Crippen molar-refractivity contribution in [3.05, 3.63) is 78.2 Å². The first-order chi connectivity index (χ1) is 12.3. The summed E-state index contributed by atoms with van der Waals surface area (Å²) in [4.78, 5) is 41.1. The summed E-state index contributed by atoms with van der Waals surface area (Å²) in [5.74, 6) is -0.940. The van der Waals surface area contributed by atoms with E-state index in [0.29, 0.717) is 0 Å². The van der Waals surface area contributed by atoms with Crippen molar-refractivity contribution in [3.63, 3.8) is 0 Å². The van der Waals surface area contributed by atoms with Gasteiger partial charge in [0.25, 0.3) is 11.2 Å². The Morgan fingerprint density at radius 2 is 1.92 bits per heavy atom. The zero-order chi connectivity index (χ0) is 19.0. The summed E-state index contributed by atoms with van der Waals surface area (Å²) < 4.78 is 0. The number of halogens is 2. The molecule has 0 fully saturated rings. The average molecular weight is 394 g/mol. The van der Waals surface area contributed by atoms with Gasteiger partial charge in [0.1, 0.15) is 6.10 Å². The largest absolute Gasteiger partial charge is 0.380 e. The van der Waals surface area contributed by atoms with E-state index >= 15 is 0 Å². The molecule has 1 atom stereocenters. The minimum atomic E-state index is -1.67. The number of aliphatic hydroxyl groups is 1. The molecule has 3 aromatic rings. The van der Waals surface area contributed by atoms with E-state index in [0.717, 1.165) is 6.07 Å². The summed E-state index contributed by atoms with van der Waals surface area (Å²) in [6.45, 7) is 0. The maximum absolute atomic E-state index is 12.5. The monoisotopic (exact) mass is 393 g/mol. The van der Waals surface area contributed by atoms with Gasteiger partial charge < -0.3 is 10.1 Å². The van der Waals surface area contributed by atoms with E-state index in [2.05, 4.69) is 9.97 Å². The predicted molar refractivity (Wildman–Crippen MR) is 94.8 cm³/mol. The molecule has 8 nitrogen and oxygen atoms in total. The third-order valence-corrected chi connectivity index (χ3v) is 4.37. The molecule has 0 aliphatic heterocycles. The van der Waals surface area contributed by atoms with Crippen molar-refractivity contribution in [3.8, 4) is 0 Å². The highest BCUT2D eigenvalue weighted by Gasteiger charge is 2.24. The van der Waals surface area contributed by atoms with E-state index in [1.54, 1.807) is 0 Å². The van der Waals surface area contributed by atoms with Crippen molar-refractivity contribution in [2.75, 3.05) is 0 Å². The molecule has 3 rings (SSSR count). The normalized spacial score (nSPS) is 12.1. The van der Waals surface area contributed by atoms with Gasteiger partial charge in [-0.25, -0.2) is 4.98 Å². The first kappa shape index (κ1) is 18.0. The van der Waals surface area contributed by atoms with Crippen molar-refractivity contribution < 1.29 is 14.8 Å². The lowest BCUT2D eigenvalue weighted by molar-refractivity contribution is -0.384. The maximum Gasteiger partial charge on any atom is 0.278 e. The second kappa shape index (κ2) is 6.83. The molecule has 2 N–H and O–H groups in total. The number of carbonyl (C=O) groups excluding carboxylic acids is 1. The number of non-ortho nitro benzene ring substituents is 1. The van der Waals surface area contributed by atoms with Crippen LogP contribution < -0.4 is 5.56 Å². The molecule has 0 spiro atoms. The number of nitro groups is 1. The lowest BCUT2D eigenvalue weighted by atomic mass is 10.0. The van der Waals surface area contributed by atoms with Crippen LogP contribution in [0.2, 0.25) is 10.0 Å². The molecule has 1 heterocycles. The first-order valence-corrected chi connectivity index (χ1v) is 7.89. The molecule has 0 bridgehead atoms. The number of nitrogens with zero attached hydrogens (tertiary/aromatic N) is 2. The Kier molecular flexibility index (Phi) is 4.73. The Balaban J connectivity index is 2.03. The summed E-state index contributed by atoms with van der Waals surface area (Å²) in [5, 5.41) is 21.4. The Labute approximate surface area is 155 Å². The molecule has 0 aliphatic carbocycles. The van der Waals surface area contributed by atoms with E-state index in [1.807, 2.05) is 0 Å². The molecule has 10 heteroatoms. The predicted octanol–water partition coefficient (Wildman–Crippen LogP) is 3.05. The molecule has 0 saturated carbocycles. The van der Waals surface area contributed by atoms with Crippen LogP contribution in [-0.2, 0) is 0 Å². The Morgan fingerprint density at radius 3 is 2.58 bits per heavy atom. The zero-order valence-corrected chi connectivity index (χ0v) is 14.3. The van der Waals surface area contributed by atoms with E-state index in [1.165, 1.54) is 30.3 Å². The number of hydrogen-bond acceptors (Lipinski definition) is 6. The number of rotatable bonds is 4. The minimum Gasteiger partial charge on any atom is -0.380 e. The Hall–Kier alpha value is -2.81.